The zero-order valence-electron chi connectivity index (χ0n) is 11.0. The summed E-state index contributed by atoms with van der Waals surface area (Å²) in [5.74, 6) is 0.304. The standard InChI is InChI=1S/C13H24N2O2/c1-3-13(16)14-6-4-12(5-7-14)15-8-9-17-10-11(15)2/h11-12H,3-10H2,1-2H3. The van der Waals surface area contributed by atoms with E-state index in [4.69, 9.17) is 4.74 Å². The molecule has 98 valence electrons. The Morgan fingerprint density at radius 2 is 2.00 bits per heavy atom. The molecule has 2 saturated heterocycles. The predicted octanol–water partition coefficient (Wildman–Crippen LogP) is 1.11. The molecule has 0 N–H and O–H groups in total. The Balaban J connectivity index is 1.83. The molecule has 0 aliphatic carbocycles. The highest BCUT2D eigenvalue weighted by Crippen LogP contribution is 2.21. The van der Waals surface area contributed by atoms with Crippen molar-refractivity contribution in [3.05, 3.63) is 0 Å². The van der Waals surface area contributed by atoms with Crippen LogP contribution in [0.25, 0.3) is 0 Å². The van der Waals surface area contributed by atoms with Gasteiger partial charge in [0, 0.05) is 38.1 Å². The highest BCUT2D eigenvalue weighted by molar-refractivity contribution is 5.75. The lowest BCUT2D eigenvalue weighted by molar-refractivity contribution is -0.133. The number of likely N-dealkylation sites (tertiary alicyclic amines) is 1. The molecule has 0 aromatic rings. The average molecular weight is 240 g/mol. The molecule has 0 spiro atoms. The number of hydrogen-bond donors (Lipinski definition) is 0. The minimum Gasteiger partial charge on any atom is -0.379 e. The van der Waals surface area contributed by atoms with E-state index >= 15 is 0 Å². The molecule has 1 unspecified atom stereocenters. The number of carbonyl (C=O) groups excluding carboxylic acids is 1. The number of morpholine rings is 1. The van der Waals surface area contributed by atoms with Crippen LogP contribution in [0.2, 0.25) is 0 Å². The summed E-state index contributed by atoms with van der Waals surface area (Å²) in [7, 11) is 0. The molecule has 1 amide bonds. The maximum absolute atomic E-state index is 11.6. The van der Waals surface area contributed by atoms with Crippen LogP contribution in [0.4, 0.5) is 0 Å². The molecular formula is C13H24N2O2. The van der Waals surface area contributed by atoms with Crippen LogP contribution >= 0.6 is 0 Å². The first-order valence-electron chi connectivity index (χ1n) is 6.83. The Morgan fingerprint density at radius 3 is 2.59 bits per heavy atom. The molecule has 0 aromatic heterocycles. The largest absolute Gasteiger partial charge is 0.379 e. The van der Waals surface area contributed by atoms with E-state index < -0.39 is 0 Å². The minimum atomic E-state index is 0.304. The van der Waals surface area contributed by atoms with Crippen molar-refractivity contribution in [2.75, 3.05) is 32.8 Å². The van der Waals surface area contributed by atoms with Crippen LogP contribution < -0.4 is 0 Å². The molecule has 2 aliphatic heterocycles. The quantitative estimate of drug-likeness (QED) is 0.725. The maximum atomic E-state index is 11.6. The third-order valence-corrected chi connectivity index (χ3v) is 4.01. The Hall–Kier alpha value is -0.610. The Bertz CT molecular complexity index is 262. The maximum Gasteiger partial charge on any atom is 0.222 e. The summed E-state index contributed by atoms with van der Waals surface area (Å²) in [6.45, 7) is 8.81. The molecule has 0 aromatic carbocycles. The lowest BCUT2D eigenvalue weighted by atomic mass is 10.0. The van der Waals surface area contributed by atoms with Gasteiger partial charge in [0.05, 0.1) is 13.2 Å². The number of carbonyl (C=O) groups is 1. The Kier molecular flexibility index (Phi) is 4.40. The van der Waals surface area contributed by atoms with Gasteiger partial charge in [0.25, 0.3) is 0 Å². The number of amides is 1. The molecule has 2 fully saturated rings. The Morgan fingerprint density at radius 1 is 1.29 bits per heavy atom. The van der Waals surface area contributed by atoms with Gasteiger partial charge in [-0.1, -0.05) is 6.92 Å². The third kappa shape index (κ3) is 2.99. The van der Waals surface area contributed by atoms with Gasteiger partial charge >= 0.3 is 0 Å². The van der Waals surface area contributed by atoms with Crippen molar-refractivity contribution in [1.29, 1.82) is 0 Å². The monoisotopic (exact) mass is 240 g/mol. The van der Waals surface area contributed by atoms with Crippen molar-refractivity contribution in [1.82, 2.24) is 9.80 Å². The molecule has 4 nitrogen and oxygen atoms in total. The van der Waals surface area contributed by atoms with Gasteiger partial charge in [-0.25, -0.2) is 0 Å². The van der Waals surface area contributed by atoms with Gasteiger partial charge in [-0.3, -0.25) is 9.69 Å². The summed E-state index contributed by atoms with van der Waals surface area (Å²) in [5.41, 5.74) is 0. The zero-order chi connectivity index (χ0) is 12.3. The second kappa shape index (κ2) is 5.83. The van der Waals surface area contributed by atoms with Gasteiger partial charge in [0.15, 0.2) is 0 Å². The van der Waals surface area contributed by atoms with E-state index in [1.807, 2.05) is 11.8 Å². The van der Waals surface area contributed by atoms with Crippen molar-refractivity contribution in [2.45, 2.75) is 45.2 Å². The van der Waals surface area contributed by atoms with E-state index in [0.29, 0.717) is 24.4 Å². The fraction of sp³-hybridized carbons (Fsp3) is 0.923. The summed E-state index contributed by atoms with van der Waals surface area (Å²) >= 11 is 0. The van der Waals surface area contributed by atoms with E-state index in [2.05, 4.69) is 11.8 Å². The van der Waals surface area contributed by atoms with Gasteiger partial charge in [0.1, 0.15) is 0 Å². The smallest absolute Gasteiger partial charge is 0.222 e. The number of ether oxygens (including phenoxy) is 1. The molecule has 4 heteroatoms. The number of piperidine rings is 1. The van der Waals surface area contributed by atoms with Crippen molar-refractivity contribution in [3.63, 3.8) is 0 Å². The van der Waals surface area contributed by atoms with Crippen LogP contribution in [0.1, 0.15) is 33.1 Å². The molecule has 0 bridgehead atoms. The average Bonchev–Trinajstić information content (AvgIpc) is 2.39. The predicted molar refractivity (Wildman–Crippen MR) is 66.9 cm³/mol. The van der Waals surface area contributed by atoms with Gasteiger partial charge in [0.2, 0.25) is 5.91 Å². The lowest BCUT2D eigenvalue weighted by Gasteiger charge is -2.43. The van der Waals surface area contributed by atoms with Crippen molar-refractivity contribution >= 4 is 5.91 Å². The minimum absolute atomic E-state index is 0.304. The topological polar surface area (TPSA) is 32.8 Å². The normalized spacial score (nSPS) is 28.4. The fourth-order valence-corrected chi connectivity index (χ4v) is 2.95. The highest BCUT2D eigenvalue weighted by Gasteiger charge is 2.30. The first-order chi connectivity index (χ1) is 8.22. The molecule has 0 saturated carbocycles. The third-order valence-electron chi connectivity index (χ3n) is 4.01. The summed E-state index contributed by atoms with van der Waals surface area (Å²) in [6, 6.07) is 1.18. The number of nitrogens with zero attached hydrogens (tertiary/aromatic N) is 2. The van der Waals surface area contributed by atoms with Crippen LogP contribution in [0.5, 0.6) is 0 Å². The summed E-state index contributed by atoms with van der Waals surface area (Å²) in [4.78, 5) is 16.2. The molecule has 2 rings (SSSR count). The van der Waals surface area contributed by atoms with E-state index in [9.17, 15) is 4.79 Å². The number of hydrogen-bond acceptors (Lipinski definition) is 3. The molecule has 2 aliphatic rings. The van der Waals surface area contributed by atoms with Crippen molar-refractivity contribution in [2.24, 2.45) is 0 Å². The molecule has 0 radical (unpaired) electrons. The van der Waals surface area contributed by atoms with E-state index in [0.717, 1.165) is 45.7 Å². The number of rotatable bonds is 2. The van der Waals surface area contributed by atoms with Gasteiger partial charge in [-0.15, -0.1) is 0 Å². The second-order valence-electron chi connectivity index (χ2n) is 5.13. The SMILES string of the molecule is CCC(=O)N1CCC(N2CCOCC2C)CC1. The van der Waals surface area contributed by atoms with Crippen molar-refractivity contribution in [3.8, 4) is 0 Å². The second-order valence-corrected chi connectivity index (χ2v) is 5.13. The first-order valence-corrected chi connectivity index (χ1v) is 6.83. The fourth-order valence-electron chi connectivity index (χ4n) is 2.95. The summed E-state index contributed by atoms with van der Waals surface area (Å²) in [6.07, 6.45) is 2.88. The van der Waals surface area contributed by atoms with Gasteiger partial charge < -0.3 is 9.64 Å². The molecule has 17 heavy (non-hydrogen) atoms. The van der Waals surface area contributed by atoms with E-state index in [1.54, 1.807) is 0 Å². The summed E-state index contributed by atoms with van der Waals surface area (Å²) in [5, 5.41) is 0. The molecule has 2 heterocycles. The van der Waals surface area contributed by atoms with Gasteiger partial charge in [-0.05, 0) is 19.8 Å². The zero-order valence-corrected chi connectivity index (χ0v) is 11.0. The van der Waals surface area contributed by atoms with Crippen LogP contribution in [0.3, 0.4) is 0 Å². The summed E-state index contributed by atoms with van der Waals surface area (Å²) < 4.78 is 5.47. The lowest BCUT2D eigenvalue weighted by Crippen LogP contribution is -2.53. The Labute approximate surface area is 104 Å². The van der Waals surface area contributed by atoms with Crippen molar-refractivity contribution < 1.29 is 9.53 Å². The molecular weight excluding hydrogens is 216 g/mol. The van der Waals surface area contributed by atoms with E-state index in [1.165, 1.54) is 0 Å². The first kappa shape index (κ1) is 12.8. The molecule has 1 atom stereocenters. The van der Waals surface area contributed by atoms with Crippen LogP contribution in [-0.2, 0) is 9.53 Å². The van der Waals surface area contributed by atoms with Crippen LogP contribution in [0.15, 0.2) is 0 Å². The highest BCUT2D eigenvalue weighted by atomic mass is 16.5. The van der Waals surface area contributed by atoms with E-state index in [-0.39, 0.29) is 0 Å². The van der Waals surface area contributed by atoms with Crippen LogP contribution in [0, 0.1) is 0 Å². The van der Waals surface area contributed by atoms with Gasteiger partial charge in [-0.2, -0.15) is 0 Å². The van der Waals surface area contributed by atoms with Crippen LogP contribution in [-0.4, -0.2) is 60.6 Å².